The average molecular weight is 268 g/mol. The summed E-state index contributed by atoms with van der Waals surface area (Å²) in [7, 11) is 1.36. The minimum atomic E-state index is -0.515. The Morgan fingerprint density at radius 2 is 2.20 bits per heavy atom. The molecular weight excluding hydrogens is 257 g/mol. The molecule has 0 radical (unpaired) electrons. The number of nitrogens with zero attached hydrogens (tertiary/aromatic N) is 1. The normalized spacial score (nSPS) is 11.3. The fourth-order valence-corrected chi connectivity index (χ4v) is 1.49. The van der Waals surface area contributed by atoms with Crippen LogP contribution >= 0.6 is 0 Å². The Labute approximate surface area is 96.5 Å². The van der Waals surface area contributed by atoms with Gasteiger partial charge in [0.15, 0.2) is 0 Å². The van der Waals surface area contributed by atoms with Crippen molar-refractivity contribution in [2.24, 2.45) is 4.99 Å². The summed E-state index contributed by atoms with van der Waals surface area (Å²) in [5, 5.41) is 0. The summed E-state index contributed by atoms with van der Waals surface area (Å²) < 4.78 is 7.15. The molecule has 1 aromatic carbocycles. The van der Waals surface area contributed by atoms with Crippen LogP contribution in [0.25, 0.3) is 0 Å². The van der Waals surface area contributed by atoms with Gasteiger partial charge >= 0.3 is 96.3 Å². The van der Waals surface area contributed by atoms with E-state index in [2.05, 4.69) is 30.0 Å². The van der Waals surface area contributed by atoms with Gasteiger partial charge < -0.3 is 0 Å². The third-order valence-corrected chi connectivity index (χ3v) is 2.17. The zero-order chi connectivity index (χ0) is 11.1. The maximum atomic E-state index is 11.3. The van der Waals surface area contributed by atoms with Gasteiger partial charge in [0, 0.05) is 0 Å². The summed E-state index contributed by atoms with van der Waals surface area (Å²) in [5.74, 6) is -0.346. The van der Waals surface area contributed by atoms with Gasteiger partial charge in [0.05, 0.1) is 0 Å². The Morgan fingerprint density at radius 1 is 1.53 bits per heavy atom. The van der Waals surface area contributed by atoms with Crippen molar-refractivity contribution >= 4 is 26.3 Å². The molecule has 4 heteroatoms. The van der Waals surface area contributed by atoms with E-state index in [4.69, 9.17) is 0 Å². The first-order valence-electron chi connectivity index (χ1n) is 4.46. The van der Waals surface area contributed by atoms with Gasteiger partial charge in [-0.25, -0.2) is 0 Å². The molecule has 0 bridgehead atoms. The number of hydrogen-bond donors (Lipinski definition) is 0. The molecule has 1 aromatic rings. The van der Waals surface area contributed by atoms with Gasteiger partial charge in [-0.1, -0.05) is 0 Å². The van der Waals surface area contributed by atoms with E-state index in [1.54, 1.807) is 0 Å². The van der Waals surface area contributed by atoms with Crippen LogP contribution in [0.5, 0.6) is 0 Å². The van der Waals surface area contributed by atoms with Crippen molar-refractivity contribution < 1.29 is 9.53 Å². The number of aliphatic imine (C=N–C) groups is 1. The molecule has 0 spiro atoms. The fraction of sp³-hybridized carbons (Fsp3) is 0.273. The fourth-order valence-electron chi connectivity index (χ4n) is 1.22. The van der Waals surface area contributed by atoms with Crippen LogP contribution < -0.4 is 0 Å². The zero-order valence-electron chi connectivity index (χ0n) is 8.34. The van der Waals surface area contributed by atoms with Gasteiger partial charge in [-0.15, -0.1) is 0 Å². The molecular formula is C11H11NO2Se. The van der Waals surface area contributed by atoms with E-state index >= 15 is 0 Å². The summed E-state index contributed by atoms with van der Waals surface area (Å²) in [4.78, 5) is 15.2. The second-order valence-electron chi connectivity index (χ2n) is 2.95. The molecule has 0 aliphatic heterocycles. The SMILES string of the molecule is COC(=O)[C@H](Cc1ccccc1)N=C=[Se]. The summed E-state index contributed by atoms with van der Waals surface area (Å²) in [6.45, 7) is 0. The topological polar surface area (TPSA) is 38.7 Å². The summed E-state index contributed by atoms with van der Waals surface area (Å²) >= 11 is 2.51. The number of carbonyl (C=O) groups excluding carboxylic acids is 1. The van der Waals surface area contributed by atoms with Crippen LogP contribution in [0.15, 0.2) is 35.3 Å². The van der Waals surface area contributed by atoms with Crippen molar-refractivity contribution in [1.82, 2.24) is 0 Å². The van der Waals surface area contributed by atoms with Gasteiger partial charge in [0.1, 0.15) is 0 Å². The van der Waals surface area contributed by atoms with E-state index in [0.29, 0.717) is 6.42 Å². The zero-order valence-corrected chi connectivity index (χ0v) is 10.1. The predicted octanol–water partition coefficient (Wildman–Crippen LogP) is 0.844. The van der Waals surface area contributed by atoms with Crippen LogP contribution in [0.3, 0.4) is 0 Å². The third kappa shape index (κ3) is 3.80. The van der Waals surface area contributed by atoms with Crippen molar-refractivity contribution in [3.63, 3.8) is 0 Å². The monoisotopic (exact) mass is 269 g/mol. The van der Waals surface area contributed by atoms with E-state index in [-0.39, 0.29) is 5.97 Å². The molecule has 78 valence electrons. The first kappa shape index (κ1) is 11.9. The molecule has 0 amide bonds. The number of rotatable bonds is 4. The van der Waals surface area contributed by atoms with Gasteiger partial charge in [-0.05, 0) is 0 Å². The van der Waals surface area contributed by atoms with E-state index < -0.39 is 6.04 Å². The Hall–Kier alpha value is -1.21. The first-order chi connectivity index (χ1) is 7.27. The number of methoxy groups -OCH3 is 1. The molecule has 0 saturated carbocycles. The van der Waals surface area contributed by atoms with Gasteiger partial charge in [-0.2, -0.15) is 0 Å². The van der Waals surface area contributed by atoms with Crippen LogP contribution in [0.1, 0.15) is 5.56 Å². The number of hydrogen-bond acceptors (Lipinski definition) is 3. The van der Waals surface area contributed by atoms with E-state index in [1.807, 2.05) is 30.3 Å². The standard InChI is InChI=1S/C11H11NO2Se/c1-14-11(13)10(12-8-15)7-9-5-3-2-4-6-9/h2-6,10H,7H2,1H3/t10-/m0/s1. The van der Waals surface area contributed by atoms with Crippen LogP contribution in [-0.2, 0) is 16.0 Å². The van der Waals surface area contributed by atoms with Crippen LogP contribution in [0.4, 0.5) is 0 Å². The molecule has 0 fully saturated rings. The molecule has 0 unspecified atom stereocenters. The van der Waals surface area contributed by atoms with Crippen molar-refractivity contribution in [2.75, 3.05) is 7.11 Å². The van der Waals surface area contributed by atoms with Crippen LogP contribution in [-0.4, -0.2) is 39.4 Å². The third-order valence-electron chi connectivity index (χ3n) is 1.95. The number of esters is 1. The van der Waals surface area contributed by atoms with Crippen molar-refractivity contribution in [3.05, 3.63) is 35.9 Å². The molecule has 0 aliphatic rings. The van der Waals surface area contributed by atoms with Crippen molar-refractivity contribution in [1.29, 1.82) is 0 Å². The second-order valence-corrected chi connectivity index (χ2v) is 3.33. The minimum absolute atomic E-state index is 0.346. The molecule has 15 heavy (non-hydrogen) atoms. The Balaban J connectivity index is 2.75. The van der Waals surface area contributed by atoms with Crippen molar-refractivity contribution in [3.8, 4) is 0 Å². The molecule has 0 saturated heterocycles. The molecule has 0 aliphatic carbocycles. The van der Waals surface area contributed by atoms with E-state index in [0.717, 1.165) is 5.56 Å². The van der Waals surface area contributed by atoms with Gasteiger partial charge in [0.2, 0.25) is 0 Å². The Bertz CT molecular complexity index is 371. The first-order valence-corrected chi connectivity index (χ1v) is 5.32. The molecule has 1 atom stereocenters. The molecule has 1 rings (SSSR count). The molecule has 3 nitrogen and oxygen atoms in total. The average Bonchev–Trinajstić information content (AvgIpc) is 2.29. The second kappa shape index (κ2) is 6.31. The number of carbonyl (C=O) groups is 1. The Morgan fingerprint density at radius 3 is 2.73 bits per heavy atom. The predicted molar refractivity (Wildman–Crippen MR) is 59.1 cm³/mol. The number of benzene rings is 1. The quantitative estimate of drug-likeness (QED) is 0.461. The molecule has 0 heterocycles. The van der Waals surface area contributed by atoms with Crippen LogP contribution in [0.2, 0.25) is 0 Å². The van der Waals surface area contributed by atoms with Crippen LogP contribution in [0, 0.1) is 0 Å². The van der Waals surface area contributed by atoms with Gasteiger partial charge in [-0.3, -0.25) is 0 Å². The summed E-state index contributed by atoms with van der Waals surface area (Å²) in [5.41, 5.74) is 1.05. The summed E-state index contributed by atoms with van der Waals surface area (Å²) in [6, 6.07) is 9.17. The Kier molecular flexibility index (Phi) is 4.99. The maximum absolute atomic E-state index is 11.3. The van der Waals surface area contributed by atoms with E-state index in [1.165, 1.54) is 7.11 Å². The molecule has 0 N–H and O–H groups in total. The van der Waals surface area contributed by atoms with E-state index in [9.17, 15) is 4.79 Å². The molecule has 0 aromatic heterocycles. The summed E-state index contributed by atoms with van der Waals surface area (Å²) in [6.07, 6.45) is 0.530. The number of ether oxygens (including phenoxy) is 1. The van der Waals surface area contributed by atoms with Gasteiger partial charge in [0.25, 0.3) is 0 Å². The van der Waals surface area contributed by atoms with Crippen molar-refractivity contribution in [2.45, 2.75) is 12.5 Å².